The first kappa shape index (κ1) is 11.9. The number of rotatable bonds is 1. The Bertz CT molecular complexity index is 368. The Morgan fingerprint density at radius 3 is 3.00 bits per heavy atom. The summed E-state index contributed by atoms with van der Waals surface area (Å²) in [5.74, 6) is -0.597. The molecule has 0 amide bonds. The molecule has 1 aliphatic rings. The van der Waals surface area contributed by atoms with Crippen LogP contribution in [-0.4, -0.2) is 19.1 Å². The molecule has 2 heterocycles. The van der Waals surface area contributed by atoms with Crippen LogP contribution in [0.4, 0.5) is 5.69 Å². The summed E-state index contributed by atoms with van der Waals surface area (Å²) in [5, 5.41) is 13.6. The van der Waals surface area contributed by atoms with Gasteiger partial charge in [0.15, 0.2) is 5.75 Å². The molecular formula is C7H5BrLiNO3S. The Balaban J connectivity index is 0.000000980. The van der Waals surface area contributed by atoms with Gasteiger partial charge >= 0.3 is 18.9 Å². The fraction of sp³-hybridized carbons (Fsp3) is 0.286. The van der Waals surface area contributed by atoms with Crippen LogP contribution in [0.3, 0.4) is 0 Å². The van der Waals surface area contributed by atoms with E-state index < -0.39 is 5.97 Å². The molecule has 0 saturated carbocycles. The molecule has 0 aromatic carbocycles. The molecule has 70 valence electrons. The zero-order valence-corrected chi connectivity index (χ0v) is 9.83. The van der Waals surface area contributed by atoms with E-state index in [0.717, 1.165) is 11.3 Å². The third-order valence-corrected chi connectivity index (χ3v) is 3.45. The Labute approximate surface area is 105 Å². The van der Waals surface area contributed by atoms with Crippen LogP contribution in [0.25, 0.3) is 0 Å². The number of hydrogen-bond donors (Lipinski definition) is 1. The third-order valence-electron chi connectivity index (χ3n) is 1.66. The van der Waals surface area contributed by atoms with Gasteiger partial charge in [-0.25, -0.2) is 0 Å². The summed E-state index contributed by atoms with van der Waals surface area (Å²) in [4.78, 5) is 10.9. The molecule has 2 rings (SSSR count). The number of fused-ring (bicyclic) bond motifs is 1. The molecule has 14 heavy (non-hydrogen) atoms. The van der Waals surface area contributed by atoms with Crippen molar-refractivity contribution < 1.29 is 33.5 Å². The summed E-state index contributed by atoms with van der Waals surface area (Å²) in [6, 6.07) is 0. The van der Waals surface area contributed by atoms with Gasteiger partial charge in [-0.3, -0.25) is 0 Å². The maximum Gasteiger partial charge on any atom is 1.00 e. The molecule has 0 atom stereocenters. The van der Waals surface area contributed by atoms with Crippen LogP contribution in [0.2, 0.25) is 0 Å². The summed E-state index contributed by atoms with van der Waals surface area (Å²) in [6.45, 7) is 1.17. The minimum Gasteiger partial charge on any atom is -0.544 e. The minimum absolute atomic E-state index is 0. The quantitative estimate of drug-likeness (QED) is 0.582. The van der Waals surface area contributed by atoms with Crippen molar-refractivity contribution >= 4 is 38.9 Å². The summed E-state index contributed by atoms with van der Waals surface area (Å²) in [5.41, 5.74) is 0.531. The van der Waals surface area contributed by atoms with E-state index >= 15 is 0 Å². The molecule has 0 saturated heterocycles. The van der Waals surface area contributed by atoms with Crippen LogP contribution in [0.15, 0.2) is 3.79 Å². The molecule has 1 aromatic heterocycles. The van der Waals surface area contributed by atoms with Gasteiger partial charge in [0.05, 0.1) is 16.5 Å². The number of halogens is 1. The Hall–Kier alpha value is -0.153. The Morgan fingerprint density at radius 1 is 1.64 bits per heavy atom. The molecule has 0 bridgehead atoms. The van der Waals surface area contributed by atoms with Crippen LogP contribution >= 0.6 is 27.3 Å². The van der Waals surface area contributed by atoms with Crippen LogP contribution in [-0.2, 0) is 0 Å². The van der Waals surface area contributed by atoms with E-state index in [0.29, 0.717) is 28.4 Å². The van der Waals surface area contributed by atoms with E-state index in [1.807, 2.05) is 0 Å². The molecule has 0 unspecified atom stereocenters. The molecule has 0 radical (unpaired) electrons. The second-order valence-corrected chi connectivity index (χ2v) is 4.81. The largest absolute Gasteiger partial charge is 1.00 e. The molecule has 7 heteroatoms. The van der Waals surface area contributed by atoms with Crippen molar-refractivity contribution in [2.45, 2.75) is 0 Å². The standard InChI is InChI=1S/C7H6BrNO3S.Li/c8-6-4-3(9-1-2-12-4)5(13-6)7(10)11;/h9H,1-2H2,(H,10,11);/q;+1/p-1. The van der Waals surface area contributed by atoms with Gasteiger partial charge < -0.3 is 20.0 Å². The Morgan fingerprint density at radius 2 is 2.36 bits per heavy atom. The van der Waals surface area contributed by atoms with E-state index in [-0.39, 0.29) is 23.7 Å². The smallest absolute Gasteiger partial charge is 0.544 e. The molecule has 0 aliphatic carbocycles. The van der Waals surface area contributed by atoms with Crippen LogP contribution < -0.4 is 34.0 Å². The van der Waals surface area contributed by atoms with Gasteiger partial charge in [0, 0.05) is 6.54 Å². The predicted molar refractivity (Wildman–Crippen MR) is 50.3 cm³/mol. The topological polar surface area (TPSA) is 61.4 Å². The first-order valence-corrected chi connectivity index (χ1v) is 5.21. The van der Waals surface area contributed by atoms with Gasteiger partial charge in [-0.1, -0.05) is 0 Å². The summed E-state index contributed by atoms with van der Waals surface area (Å²) >= 11 is 4.34. The predicted octanol–water partition coefficient (Wildman–Crippen LogP) is -2.32. The van der Waals surface area contributed by atoms with E-state index in [2.05, 4.69) is 21.2 Å². The zero-order chi connectivity index (χ0) is 9.42. The number of nitrogens with one attached hydrogen (secondary N) is 1. The molecule has 1 N–H and O–H groups in total. The van der Waals surface area contributed by atoms with Gasteiger partial charge in [-0.2, -0.15) is 0 Å². The fourth-order valence-corrected chi connectivity index (χ4v) is 2.73. The van der Waals surface area contributed by atoms with Gasteiger partial charge in [-0.15, -0.1) is 11.3 Å². The van der Waals surface area contributed by atoms with Crippen LogP contribution in [0, 0.1) is 0 Å². The maximum atomic E-state index is 10.7. The van der Waals surface area contributed by atoms with Gasteiger partial charge in [0.25, 0.3) is 0 Å². The fourth-order valence-electron chi connectivity index (χ4n) is 1.15. The molecule has 1 aliphatic heterocycles. The van der Waals surface area contributed by atoms with E-state index in [1.54, 1.807) is 0 Å². The second-order valence-electron chi connectivity index (χ2n) is 2.47. The van der Waals surface area contributed by atoms with Gasteiger partial charge in [0.1, 0.15) is 10.4 Å². The number of anilines is 1. The van der Waals surface area contributed by atoms with Crippen molar-refractivity contribution in [2.75, 3.05) is 18.5 Å². The number of ether oxygens (including phenoxy) is 1. The minimum atomic E-state index is -1.18. The maximum absolute atomic E-state index is 10.7. The van der Waals surface area contributed by atoms with Gasteiger partial charge in [-0.05, 0) is 15.9 Å². The molecular weight excluding hydrogens is 265 g/mol. The second kappa shape index (κ2) is 4.58. The number of thiophene rings is 1. The third kappa shape index (κ3) is 1.93. The summed E-state index contributed by atoms with van der Waals surface area (Å²) in [7, 11) is 0. The summed E-state index contributed by atoms with van der Waals surface area (Å²) in [6.07, 6.45) is 0. The van der Waals surface area contributed by atoms with Crippen LogP contribution in [0.1, 0.15) is 9.67 Å². The van der Waals surface area contributed by atoms with Crippen molar-refractivity contribution in [2.24, 2.45) is 0 Å². The van der Waals surface area contributed by atoms with E-state index in [1.165, 1.54) is 0 Å². The molecule has 0 spiro atoms. The van der Waals surface area contributed by atoms with Gasteiger partial charge in [0.2, 0.25) is 0 Å². The monoisotopic (exact) mass is 269 g/mol. The average Bonchev–Trinajstić information content (AvgIpc) is 2.45. The van der Waals surface area contributed by atoms with Crippen LogP contribution in [0.5, 0.6) is 5.75 Å². The SMILES string of the molecule is O=C([O-])c1sc(Br)c2c1NCCO2.[Li+]. The van der Waals surface area contributed by atoms with Crippen molar-refractivity contribution in [3.05, 3.63) is 8.66 Å². The van der Waals surface area contributed by atoms with Crippen molar-refractivity contribution in [3.63, 3.8) is 0 Å². The molecule has 4 nitrogen and oxygen atoms in total. The average molecular weight is 270 g/mol. The first-order valence-electron chi connectivity index (χ1n) is 3.60. The van der Waals surface area contributed by atoms with E-state index in [9.17, 15) is 9.90 Å². The number of carboxylic acid groups (broad SMARTS) is 1. The number of carbonyl (C=O) groups excluding carboxylic acids is 1. The van der Waals surface area contributed by atoms with Crippen molar-refractivity contribution in [3.8, 4) is 5.75 Å². The van der Waals surface area contributed by atoms with Crippen molar-refractivity contribution in [1.82, 2.24) is 0 Å². The number of carbonyl (C=O) groups is 1. The number of carboxylic acids is 1. The zero-order valence-electron chi connectivity index (χ0n) is 7.43. The molecule has 1 aromatic rings. The molecule has 0 fully saturated rings. The number of hydrogen-bond acceptors (Lipinski definition) is 5. The first-order chi connectivity index (χ1) is 6.20. The normalized spacial score (nSPS) is 13.2. The number of aromatic carboxylic acids is 1. The van der Waals surface area contributed by atoms with E-state index in [4.69, 9.17) is 4.74 Å². The Kier molecular flexibility index (Phi) is 3.90. The van der Waals surface area contributed by atoms with Crippen molar-refractivity contribution in [1.29, 1.82) is 0 Å². The summed E-state index contributed by atoms with van der Waals surface area (Å²) < 4.78 is 5.98.